The van der Waals surface area contributed by atoms with Gasteiger partial charge in [0.25, 0.3) is 5.91 Å². The molecule has 0 aliphatic carbocycles. The summed E-state index contributed by atoms with van der Waals surface area (Å²) in [5.74, 6) is -0.129. The van der Waals surface area contributed by atoms with Crippen LogP contribution in [0.4, 0.5) is 0 Å². The Bertz CT molecular complexity index is 652. The second-order valence-electron chi connectivity index (χ2n) is 5.37. The van der Waals surface area contributed by atoms with Gasteiger partial charge in [-0.25, -0.2) is 4.98 Å². The summed E-state index contributed by atoms with van der Waals surface area (Å²) >= 11 is 6.03. The number of halogens is 1. The van der Waals surface area contributed by atoms with Gasteiger partial charge in [-0.2, -0.15) is 0 Å². The number of amides is 1. The molecule has 0 unspecified atom stereocenters. The summed E-state index contributed by atoms with van der Waals surface area (Å²) in [5.41, 5.74) is 2.07. The number of ether oxygens (including phenoxy) is 1. The van der Waals surface area contributed by atoms with Crippen LogP contribution in [0.15, 0.2) is 18.3 Å². The molecule has 0 spiro atoms. The molecular weight excluding hydrogens is 302 g/mol. The molecule has 2 aromatic rings. The van der Waals surface area contributed by atoms with Crippen molar-refractivity contribution in [2.45, 2.75) is 39.7 Å². The number of rotatable bonds is 7. The van der Waals surface area contributed by atoms with Crippen molar-refractivity contribution in [3.63, 3.8) is 0 Å². The molecule has 0 aliphatic rings. The molecule has 0 aliphatic heterocycles. The fourth-order valence-corrected chi connectivity index (χ4v) is 2.39. The van der Waals surface area contributed by atoms with Gasteiger partial charge in [-0.15, -0.1) is 0 Å². The first-order valence-electron chi connectivity index (χ1n) is 7.59. The van der Waals surface area contributed by atoms with E-state index in [-0.39, 0.29) is 12.0 Å². The van der Waals surface area contributed by atoms with E-state index >= 15 is 0 Å². The normalized spacial score (nSPS) is 11.3. The molecule has 5 nitrogen and oxygen atoms in total. The quantitative estimate of drug-likeness (QED) is 0.797. The molecule has 0 saturated heterocycles. The van der Waals surface area contributed by atoms with Crippen molar-refractivity contribution in [3.8, 4) is 0 Å². The highest BCUT2D eigenvalue weighted by Crippen LogP contribution is 2.17. The van der Waals surface area contributed by atoms with Crippen LogP contribution in [0.1, 0.15) is 43.4 Å². The van der Waals surface area contributed by atoms with Crippen molar-refractivity contribution in [1.82, 2.24) is 14.7 Å². The predicted octanol–water partition coefficient (Wildman–Crippen LogP) is 3.10. The van der Waals surface area contributed by atoms with E-state index in [9.17, 15) is 4.79 Å². The first-order chi connectivity index (χ1) is 10.5. The Hall–Kier alpha value is -1.59. The number of nitrogens with zero attached hydrogens (tertiary/aromatic N) is 2. The van der Waals surface area contributed by atoms with Crippen molar-refractivity contribution in [1.29, 1.82) is 0 Å². The molecule has 22 heavy (non-hydrogen) atoms. The van der Waals surface area contributed by atoms with Crippen molar-refractivity contribution < 1.29 is 9.53 Å². The lowest BCUT2D eigenvalue weighted by molar-refractivity contribution is 0.0756. The van der Waals surface area contributed by atoms with Crippen LogP contribution in [-0.4, -0.2) is 34.5 Å². The Balaban J connectivity index is 2.08. The molecule has 0 saturated carbocycles. The third-order valence-corrected chi connectivity index (χ3v) is 3.49. The summed E-state index contributed by atoms with van der Waals surface area (Å²) in [6, 6.07) is 3.59. The minimum Gasteiger partial charge on any atom is -0.379 e. The third kappa shape index (κ3) is 3.99. The average Bonchev–Trinajstić information content (AvgIpc) is 2.84. The van der Waals surface area contributed by atoms with Crippen LogP contribution < -0.4 is 5.32 Å². The van der Waals surface area contributed by atoms with E-state index in [0.29, 0.717) is 30.3 Å². The number of nitrogens with one attached hydrogen (secondary N) is 1. The molecule has 0 radical (unpaired) electrons. The summed E-state index contributed by atoms with van der Waals surface area (Å²) in [4.78, 5) is 16.9. The van der Waals surface area contributed by atoms with Gasteiger partial charge in [-0.1, -0.05) is 18.5 Å². The Labute approximate surface area is 135 Å². The highest BCUT2D eigenvalue weighted by molar-refractivity contribution is 6.30. The highest BCUT2D eigenvalue weighted by atomic mass is 35.5. The van der Waals surface area contributed by atoms with Crippen LogP contribution >= 0.6 is 11.6 Å². The molecule has 2 rings (SSSR count). The van der Waals surface area contributed by atoms with E-state index in [4.69, 9.17) is 16.3 Å². The van der Waals surface area contributed by atoms with Crippen LogP contribution in [0.3, 0.4) is 0 Å². The van der Waals surface area contributed by atoms with Crippen LogP contribution in [0.25, 0.3) is 5.65 Å². The zero-order valence-corrected chi connectivity index (χ0v) is 14.0. The Morgan fingerprint density at radius 1 is 1.45 bits per heavy atom. The van der Waals surface area contributed by atoms with Crippen molar-refractivity contribution in [2.24, 2.45) is 0 Å². The molecular formula is C16H22ClN3O2. The summed E-state index contributed by atoms with van der Waals surface area (Å²) in [6.45, 7) is 7.18. The Morgan fingerprint density at radius 3 is 2.91 bits per heavy atom. The fourth-order valence-electron chi connectivity index (χ4n) is 2.23. The summed E-state index contributed by atoms with van der Waals surface area (Å²) in [5, 5.41) is 3.50. The molecule has 1 N–H and O–H groups in total. The van der Waals surface area contributed by atoms with Crippen molar-refractivity contribution >= 4 is 23.2 Å². The number of carbonyl (C=O) groups excluding carboxylic acids is 1. The van der Waals surface area contributed by atoms with Gasteiger partial charge in [0.05, 0.1) is 16.8 Å². The molecule has 6 heteroatoms. The summed E-state index contributed by atoms with van der Waals surface area (Å²) in [7, 11) is 0. The number of aryl methyl sites for hydroxylation is 1. The smallest absolute Gasteiger partial charge is 0.270 e. The molecule has 0 bridgehead atoms. The van der Waals surface area contributed by atoms with Crippen LogP contribution in [0.5, 0.6) is 0 Å². The van der Waals surface area contributed by atoms with E-state index in [1.165, 1.54) is 0 Å². The van der Waals surface area contributed by atoms with Gasteiger partial charge in [0.2, 0.25) is 0 Å². The number of aromatic nitrogens is 2. The van der Waals surface area contributed by atoms with Gasteiger partial charge < -0.3 is 10.1 Å². The molecule has 1 amide bonds. The van der Waals surface area contributed by atoms with Crippen molar-refractivity contribution in [3.05, 3.63) is 34.7 Å². The Kier molecular flexibility index (Phi) is 5.80. The third-order valence-electron chi connectivity index (χ3n) is 3.26. The van der Waals surface area contributed by atoms with Crippen LogP contribution in [0.2, 0.25) is 5.02 Å². The first-order valence-corrected chi connectivity index (χ1v) is 7.97. The second kappa shape index (κ2) is 7.61. The number of pyridine rings is 1. The maximum absolute atomic E-state index is 12.5. The topological polar surface area (TPSA) is 55.6 Å². The van der Waals surface area contributed by atoms with Gasteiger partial charge in [0, 0.05) is 19.3 Å². The molecule has 0 atom stereocenters. The molecule has 2 heterocycles. The van der Waals surface area contributed by atoms with Gasteiger partial charge in [0.15, 0.2) is 0 Å². The highest BCUT2D eigenvalue weighted by Gasteiger charge is 2.17. The number of carbonyl (C=O) groups is 1. The summed E-state index contributed by atoms with van der Waals surface area (Å²) < 4.78 is 7.21. The largest absolute Gasteiger partial charge is 0.379 e. The number of hydrogen-bond donors (Lipinski definition) is 1. The van der Waals surface area contributed by atoms with E-state index in [0.717, 1.165) is 17.8 Å². The first kappa shape index (κ1) is 16.8. The van der Waals surface area contributed by atoms with E-state index in [1.807, 2.05) is 26.8 Å². The predicted molar refractivity (Wildman–Crippen MR) is 87.6 cm³/mol. The molecule has 120 valence electrons. The molecule has 0 fully saturated rings. The maximum Gasteiger partial charge on any atom is 0.270 e. The Morgan fingerprint density at radius 2 is 2.23 bits per heavy atom. The SMILES string of the molecule is CCc1nc2ccc(Cl)cn2c1C(=O)NCCCOC(C)C. The second-order valence-corrected chi connectivity index (χ2v) is 5.80. The van der Waals surface area contributed by atoms with Gasteiger partial charge >= 0.3 is 0 Å². The lowest BCUT2D eigenvalue weighted by atomic mass is 10.2. The van der Waals surface area contributed by atoms with E-state index in [1.54, 1.807) is 16.7 Å². The van der Waals surface area contributed by atoms with Crippen LogP contribution in [0, 0.1) is 0 Å². The van der Waals surface area contributed by atoms with E-state index < -0.39 is 0 Å². The van der Waals surface area contributed by atoms with E-state index in [2.05, 4.69) is 10.3 Å². The van der Waals surface area contributed by atoms with Crippen LogP contribution in [-0.2, 0) is 11.2 Å². The van der Waals surface area contributed by atoms with Gasteiger partial charge in [0.1, 0.15) is 11.3 Å². The standard InChI is InChI=1S/C16H22ClN3O2/c1-4-13-15(16(21)18-8-5-9-22-11(2)3)20-10-12(17)6-7-14(20)19-13/h6-7,10-11H,4-5,8-9H2,1-3H3,(H,18,21). The molecule has 0 aromatic carbocycles. The van der Waals surface area contributed by atoms with Gasteiger partial charge in [-0.3, -0.25) is 9.20 Å². The molecule has 2 aromatic heterocycles. The number of hydrogen-bond acceptors (Lipinski definition) is 3. The number of fused-ring (bicyclic) bond motifs is 1. The maximum atomic E-state index is 12.5. The minimum atomic E-state index is -0.129. The summed E-state index contributed by atoms with van der Waals surface area (Å²) in [6.07, 6.45) is 3.41. The zero-order chi connectivity index (χ0) is 16.1. The minimum absolute atomic E-state index is 0.129. The van der Waals surface area contributed by atoms with Gasteiger partial charge in [-0.05, 0) is 38.8 Å². The number of imidazole rings is 1. The lowest BCUT2D eigenvalue weighted by Gasteiger charge is -2.09. The fraction of sp³-hybridized carbons (Fsp3) is 0.500. The zero-order valence-electron chi connectivity index (χ0n) is 13.2. The lowest BCUT2D eigenvalue weighted by Crippen LogP contribution is -2.27. The van der Waals surface area contributed by atoms with Crippen molar-refractivity contribution in [2.75, 3.05) is 13.2 Å². The average molecular weight is 324 g/mol. The monoisotopic (exact) mass is 323 g/mol.